The quantitative estimate of drug-likeness (QED) is 0.770. The maximum atomic E-state index is 12.5. The fourth-order valence-electron chi connectivity index (χ4n) is 2.69. The molecule has 3 rings (SSSR count). The average molecular weight is 375 g/mol. The molecule has 0 N–H and O–H groups in total. The summed E-state index contributed by atoms with van der Waals surface area (Å²) in [6.45, 7) is 2.27. The molecule has 6 heteroatoms. The van der Waals surface area contributed by atoms with E-state index in [4.69, 9.17) is 11.6 Å². The summed E-state index contributed by atoms with van der Waals surface area (Å²) in [7, 11) is 0. The summed E-state index contributed by atoms with van der Waals surface area (Å²) >= 11 is 7.40. The first-order valence-corrected chi connectivity index (χ1v) is 9.50. The third-order valence-electron chi connectivity index (χ3n) is 4.12. The van der Waals surface area contributed by atoms with Gasteiger partial charge >= 0.3 is 0 Å². The monoisotopic (exact) mass is 374 g/mol. The summed E-state index contributed by atoms with van der Waals surface area (Å²) in [4.78, 5) is 29.5. The van der Waals surface area contributed by atoms with Crippen LogP contribution in [0.2, 0.25) is 5.02 Å². The highest BCUT2D eigenvalue weighted by atomic mass is 35.5. The Kier molecular flexibility index (Phi) is 6.00. The Morgan fingerprint density at radius 2 is 1.48 bits per heavy atom. The van der Waals surface area contributed by atoms with E-state index in [0.29, 0.717) is 42.5 Å². The van der Waals surface area contributed by atoms with Crippen molar-refractivity contribution >= 4 is 35.2 Å². The molecule has 1 saturated heterocycles. The van der Waals surface area contributed by atoms with Gasteiger partial charge < -0.3 is 9.80 Å². The fraction of sp³-hybridized carbons (Fsp3) is 0.263. The zero-order valence-corrected chi connectivity index (χ0v) is 15.3. The van der Waals surface area contributed by atoms with Crippen LogP contribution in [0.25, 0.3) is 0 Å². The van der Waals surface area contributed by atoms with Crippen LogP contribution in [-0.2, 0) is 4.79 Å². The first-order chi connectivity index (χ1) is 12.1. The molecule has 0 radical (unpaired) electrons. The Morgan fingerprint density at radius 1 is 0.880 bits per heavy atom. The third kappa shape index (κ3) is 4.77. The molecule has 0 saturated carbocycles. The third-order valence-corrected chi connectivity index (χ3v) is 5.37. The van der Waals surface area contributed by atoms with Gasteiger partial charge in [-0.2, -0.15) is 0 Å². The minimum Gasteiger partial charge on any atom is -0.338 e. The predicted octanol–water partition coefficient (Wildman–Crippen LogP) is 3.42. The molecule has 0 unspecified atom stereocenters. The van der Waals surface area contributed by atoms with Gasteiger partial charge in [0.1, 0.15) is 0 Å². The Morgan fingerprint density at radius 3 is 2.12 bits per heavy atom. The van der Waals surface area contributed by atoms with Gasteiger partial charge in [0, 0.05) is 41.7 Å². The minimum absolute atomic E-state index is 0.0116. The molecule has 0 bridgehead atoms. The summed E-state index contributed by atoms with van der Waals surface area (Å²) < 4.78 is 0. The van der Waals surface area contributed by atoms with Crippen LogP contribution in [0.3, 0.4) is 0 Å². The summed E-state index contributed by atoms with van der Waals surface area (Å²) in [6, 6.07) is 16.8. The Balaban J connectivity index is 1.48. The first kappa shape index (κ1) is 17.8. The van der Waals surface area contributed by atoms with Crippen molar-refractivity contribution in [3.63, 3.8) is 0 Å². The van der Waals surface area contributed by atoms with Crippen molar-refractivity contribution in [3.8, 4) is 0 Å². The van der Waals surface area contributed by atoms with Gasteiger partial charge in [-0.15, -0.1) is 11.8 Å². The van der Waals surface area contributed by atoms with Gasteiger partial charge in [0.05, 0.1) is 5.75 Å². The predicted molar refractivity (Wildman–Crippen MR) is 101 cm³/mol. The molecule has 0 aliphatic carbocycles. The van der Waals surface area contributed by atoms with Crippen LogP contribution < -0.4 is 0 Å². The lowest BCUT2D eigenvalue weighted by Crippen LogP contribution is -2.51. The zero-order valence-electron chi connectivity index (χ0n) is 13.7. The van der Waals surface area contributed by atoms with Crippen LogP contribution in [0, 0.1) is 0 Å². The van der Waals surface area contributed by atoms with Gasteiger partial charge in [-0.3, -0.25) is 9.59 Å². The average Bonchev–Trinajstić information content (AvgIpc) is 2.67. The van der Waals surface area contributed by atoms with E-state index in [1.807, 2.05) is 35.2 Å². The number of benzene rings is 2. The van der Waals surface area contributed by atoms with E-state index in [2.05, 4.69) is 0 Å². The number of carbonyl (C=O) groups is 2. The van der Waals surface area contributed by atoms with Crippen LogP contribution >= 0.6 is 23.4 Å². The molecule has 0 aromatic heterocycles. The molecular formula is C19H19ClN2O2S. The summed E-state index contributed by atoms with van der Waals surface area (Å²) in [5.41, 5.74) is 0.629. The molecule has 2 amide bonds. The van der Waals surface area contributed by atoms with Crippen LogP contribution in [0.1, 0.15) is 10.4 Å². The number of halogens is 1. The standard InChI is InChI=1S/C19H19ClN2O2S/c20-16-8-6-15(7-9-16)19(24)22-12-10-21(11-13-22)18(23)14-25-17-4-2-1-3-5-17/h1-9H,10-14H2. The number of carbonyl (C=O) groups excluding carboxylic acids is 2. The van der Waals surface area contributed by atoms with E-state index in [9.17, 15) is 9.59 Å². The number of nitrogens with zero attached hydrogens (tertiary/aromatic N) is 2. The number of thioether (sulfide) groups is 1. The fourth-order valence-corrected chi connectivity index (χ4v) is 3.64. The molecule has 130 valence electrons. The topological polar surface area (TPSA) is 40.6 Å². The number of piperazine rings is 1. The maximum Gasteiger partial charge on any atom is 0.253 e. The number of hydrogen-bond acceptors (Lipinski definition) is 3. The van der Waals surface area contributed by atoms with Gasteiger partial charge in [-0.1, -0.05) is 29.8 Å². The lowest BCUT2D eigenvalue weighted by atomic mass is 10.2. The second-order valence-electron chi connectivity index (χ2n) is 5.78. The van der Waals surface area contributed by atoms with Crippen molar-refractivity contribution in [2.75, 3.05) is 31.9 Å². The Hall–Kier alpha value is -1.98. The van der Waals surface area contributed by atoms with E-state index in [1.54, 1.807) is 40.9 Å². The molecule has 0 atom stereocenters. The van der Waals surface area contributed by atoms with Crippen molar-refractivity contribution in [2.24, 2.45) is 0 Å². The highest BCUT2D eigenvalue weighted by Gasteiger charge is 2.24. The summed E-state index contributed by atoms with van der Waals surface area (Å²) in [6.07, 6.45) is 0. The number of rotatable bonds is 4. The molecule has 25 heavy (non-hydrogen) atoms. The molecule has 1 aliphatic heterocycles. The SMILES string of the molecule is O=C(CSc1ccccc1)N1CCN(C(=O)c2ccc(Cl)cc2)CC1. The molecule has 1 fully saturated rings. The van der Waals surface area contributed by atoms with E-state index in [-0.39, 0.29) is 11.8 Å². The zero-order chi connectivity index (χ0) is 17.6. The van der Waals surface area contributed by atoms with Crippen molar-refractivity contribution in [3.05, 3.63) is 65.2 Å². The molecular weight excluding hydrogens is 356 g/mol. The van der Waals surface area contributed by atoms with Crippen LogP contribution in [0.4, 0.5) is 0 Å². The molecule has 2 aromatic carbocycles. The van der Waals surface area contributed by atoms with Crippen molar-refractivity contribution in [2.45, 2.75) is 4.90 Å². The van der Waals surface area contributed by atoms with Gasteiger partial charge in [0.15, 0.2) is 0 Å². The van der Waals surface area contributed by atoms with Gasteiger partial charge in [0.25, 0.3) is 5.91 Å². The number of hydrogen-bond donors (Lipinski definition) is 0. The van der Waals surface area contributed by atoms with Crippen molar-refractivity contribution in [1.82, 2.24) is 9.80 Å². The van der Waals surface area contributed by atoms with Gasteiger partial charge in [-0.25, -0.2) is 0 Å². The van der Waals surface area contributed by atoms with Crippen LogP contribution in [0.5, 0.6) is 0 Å². The molecule has 2 aromatic rings. The molecule has 1 heterocycles. The Bertz CT molecular complexity index is 729. The molecule has 0 spiro atoms. The normalized spacial score (nSPS) is 14.4. The van der Waals surface area contributed by atoms with E-state index < -0.39 is 0 Å². The number of amides is 2. The molecule has 1 aliphatic rings. The van der Waals surface area contributed by atoms with Crippen molar-refractivity contribution < 1.29 is 9.59 Å². The van der Waals surface area contributed by atoms with E-state index >= 15 is 0 Å². The van der Waals surface area contributed by atoms with Crippen LogP contribution in [0.15, 0.2) is 59.5 Å². The minimum atomic E-state index is -0.0116. The summed E-state index contributed by atoms with van der Waals surface area (Å²) in [5, 5.41) is 0.614. The van der Waals surface area contributed by atoms with E-state index in [0.717, 1.165) is 4.90 Å². The highest BCUT2D eigenvalue weighted by Crippen LogP contribution is 2.18. The van der Waals surface area contributed by atoms with Crippen molar-refractivity contribution in [1.29, 1.82) is 0 Å². The van der Waals surface area contributed by atoms with Gasteiger partial charge in [-0.05, 0) is 36.4 Å². The highest BCUT2D eigenvalue weighted by molar-refractivity contribution is 8.00. The Labute approximate surface area is 156 Å². The second-order valence-corrected chi connectivity index (χ2v) is 7.27. The van der Waals surface area contributed by atoms with Gasteiger partial charge in [0.2, 0.25) is 5.91 Å². The lowest BCUT2D eigenvalue weighted by Gasteiger charge is -2.34. The lowest BCUT2D eigenvalue weighted by molar-refractivity contribution is -0.129. The summed E-state index contributed by atoms with van der Waals surface area (Å²) in [5.74, 6) is 0.532. The molecule has 4 nitrogen and oxygen atoms in total. The largest absolute Gasteiger partial charge is 0.338 e. The van der Waals surface area contributed by atoms with E-state index in [1.165, 1.54) is 0 Å². The smallest absolute Gasteiger partial charge is 0.253 e. The second kappa shape index (κ2) is 8.41. The first-order valence-electron chi connectivity index (χ1n) is 8.14. The van der Waals surface area contributed by atoms with Crippen LogP contribution in [-0.4, -0.2) is 53.5 Å². The maximum absolute atomic E-state index is 12.5.